The van der Waals surface area contributed by atoms with E-state index in [1.165, 1.54) is 0 Å². The van der Waals surface area contributed by atoms with Crippen molar-refractivity contribution in [1.29, 1.82) is 0 Å². The van der Waals surface area contributed by atoms with Crippen molar-refractivity contribution in [3.8, 4) is 5.75 Å². The number of benzene rings is 1. The van der Waals surface area contributed by atoms with Gasteiger partial charge < -0.3 is 4.89 Å². The highest BCUT2D eigenvalue weighted by atomic mass is 17.2. The minimum atomic E-state index is -0.340. The van der Waals surface area contributed by atoms with Crippen LogP contribution in [0.25, 0.3) is 0 Å². The molecule has 0 aliphatic carbocycles. The number of rotatable bonds is 2. The zero-order valence-corrected chi connectivity index (χ0v) is 7.75. The van der Waals surface area contributed by atoms with Gasteiger partial charge >= 0.3 is 0 Å². The maximum absolute atomic E-state index is 5.38. The van der Waals surface area contributed by atoms with Crippen molar-refractivity contribution in [1.82, 2.24) is 0 Å². The van der Waals surface area contributed by atoms with Gasteiger partial charge in [0.05, 0.1) is 0 Å². The fourth-order valence-electron chi connectivity index (χ4n) is 1.57. The Labute approximate surface area is 78.4 Å². The standard InChI is InChI=1S/C11H13O2/c1-3-8-11(2)9-4-6-10(7-5-9)12-13-11/h4-7H,1,3,8H2,2H3. The molecule has 1 aromatic rings. The molecule has 2 nitrogen and oxygen atoms in total. The average molecular weight is 177 g/mol. The van der Waals surface area contributed by atoms with Crippen molar-refractivity contribution in [3.05, 3.63) is 36.8 Å². The van der Waals surface area contributed by atoms with E-state index in [1.54, 1.807) is 0 Å². The smallest absolute Gasteiger partial charge is 0.165 e. The summed E-state index contributed by atoms with van der Waals surface area (Å²) in [5.74, 6) is 0.761. The monoisotopic (exact) mass is 177 g/mol. The number of hydrogen-bond acceptors (Lipinski definition) is 2. The zero-order valence-electron chi connectivity index (χ0n) is 7.75. The van der Waals surface area contributed by atoms with Gasteiger partial charge in [0, 0.05) is 0 Å². The lowest BCUT2D eigenvalue weighted by molar-refractivity contribution is -0.291. The Bertz CT molecular complexity index is 291. The van der Waals surface area contributed by atoms with Gasteiger partial charge in [-0.2, -0.15) is 4.89 Å². The molecule has 1 atom stereocenters. The number of hydrogen-bond donors (Lipinski definition) is 0. The fourth-order valence-corrected chi connectivity index (χ4v) is 1.57. The lowest BCUT2D eigenvalue weighted by Crippen LogP contribution is -2.25. The first-order valence-corrected chi connectivity index (χ1v) is 4.50. The van der Waals surface area contributed by atoms with Crippen molar-refractivity contribution < 1.29 is 9.78 Å². The van der Waals surface area contributed by atoms with Crippen LogP contribution in [0.3, 0.4) is 0 Å². The Morgan fingerprint density at radius 3 is 2.62 bits per heavy atom. The van der Waals surface area contributed by atoms with Gasteiger partial charge in [-0.15, -0.1) is 0 Å². The Balaban J connectivity index is 2.35. The molecule has 0 amide bonds. The normalized spacial score (nSPS) is 25.4. The van der Waals surface area contributed by atoms with Crippen molar-refractivity contribution in [2.45, 2.75) is 25.4 Å². The highest BCUT2D eigenvalue weighted by Gasteiger charge is 2.31. The topological polar surface area (TPSA) is 18.5 Å². The SMILES string of the molecule is [CH2]CCC1(C)OOc2ccc1cc2. The molecule has 0 saturated heterocycles. The van der Waals surface area contributed by atoms with E-state index >= 15 is 0 Å². The maximum atomic E-state index is 5.38. The molecular weight excluding hydrogens is 164 g/mol. The third-order valence-electron chi connectivity index (χ3n) is 2.44. The predicted octanol–water partition coefficient (Wildman–Crippen LogP) is 2.84. The summed E-state index contributed by atoms with van der Waals surface area (Å²) in [5.41, 5.74) is 0.810. The van der Waals surface area contributed by atoms with E-state index in [0.29, 0.717) is 0 Å². The van der Waals surface area contributed by atoms with E-state index in [1.807, 2.05) is 31.2 Å². The summed E-state index contributed by atoms with van der Waals surface area (Å²) in [5, 5.41) is 0. The summed E-state index contributed by atoms with van der Waals surface area (Å²) in [4.78, 5) is 10.5. The average Bonchev–Trinajstić information content (AvgIpc) is 2.38. The summed E-state index contributed by atoms with van der Waals surface area (Å²) >= 11 is 0. The lowest BCUT2D eigenvalue weighted by atomic mass is 9.92. The highest BCUT2D eigenvalue weighted by Crippen LogP contribution is 2.35. The molecule has 69 valence electrons. The Morgan fingerprint density at radius 2 is 2.00 bits per heavy atom. The Hall–Kier alpha value is -1.02. The molecule has 0 spiro atoms. The van der Waals surface area contributed by atoms with E-state index in [2.05, 4.69) is 6.92 Å². The zero-order chi connectivity index (χ0) is 9.31. The van der Waals surface area contributed by atoms with Crippen LogP contribution in [0.2, 0.25) is 0 Å². The van der Waals surface area contributed by atoms with Gasteiger partial charge in [-0.25, -0.2) is 0 Å². The van der Waals surface area contributed by atoms with Gasteiger partial charge in [-0.05, 0) is 31.0 Å². The lowest BCUT2D eigenvalue weighted by Gasteiger charge is -2.25. The van der Waals surface area contributed by atoms with Crippen LogP contribution < -0.4 is 4.89 Å². The predicted molar refractivity (Wildman–Crippen MR) is 50.1 cm³/mol. The molecular formula is C11H13O2. The molecule has 2 aliphatic heterocycles. The van der Waals surface area contributed by atoms with Crippen LogP contribution in [-0.2, 0) is 10.5 Å². The summed E-state index contributed by atoms with van der Waals surface area (Å²) in [6.07, 6.45) is 1.70. The quantitative estimate of drug-likeness (QED) is 0.647. The number of fused-ring (bicyclic) bond motifs is 4. The second kappa shape index (κ2) is 3.04. The summed E-state index contributed by atoms with van der Waals surface area (Å²) in [6.45, 7) is 5.86. The van der Waals surface area contributed by atoms with E-state index in [0.717, 1.165) is 24.2 Å². The van der Waals surface area contributed by atoms with E-state index in [9.17, 15) is 0 Å². The van der Waals surface area contributed by atoms with Crippen molar-refractivity contribution in [3.63, 3.8) is 0 Å². The molecule has 1 aromatic carbocycles. The Morgan fingerprint density at radius 1 is 1.31 bits per heavy atom. The van der Waals surface area contributed by atoms with Gasteiger partial charge in [0.2, 0.25) is 0 Å². The van der Waals surface area contributed by atoms with Crippen molar-refractivity contribution >= 4 is 0 Å². The van der Waals surface area contributed by atoms with Crippen LogP contribution in [0.5, 0.6) is 5.75 Å². The molecule has 0 saturated carbocycles. The van der Waals surface area contributed by atoms with E-state index < -0.39 is 0 Å². The van der Waals surface area contributed by atoms with Gasteiger partial charge in [-0.1, -0.05) is 25.5 Å². The minimum Gasteiger partial charge on any atom is -0.337 e. The first-order valence-electron chi connectivity index (χ1n) is 4.50. The maximum Gasteiger partial charge on any atom is 0.165 e. The van der Waals surface area contributed by atoms with Gasteiger partial charge in [-0.3, -0.25) is 0 Å². The van der Waals surface area contributed by atoms with E-state index in [4.69, 9.17) is 9.78 Å². The third kappa shape index (κ3) is 1.42. The van der Waals surface area contributed by atoms with E-state index in [-0.39, 0.29) is 5.60 Å². The summed E-state index contributed by atoms with van der Waals surface area (Å²) < 4.78 is 0. The van der Waals surface area contributed by atoms with Crippen LogP contribution in [-0.4, -0.2) is 0 Å². The molecule has 0 fully saturated rings. The molecule has 3 rings (SSSR count). The third-order valence-corrected chi connectivity index (χ3v) is 2.44. The first-order chi connectivity index (χ1) is 6.24. The molecule has 2 heteroatoms. The highest BCUT2D eigenvalue weighted by molar-refractivity contribution is 5.31. The van der Waals surface area contributed by atoms with Crippen LogP contribution in [0, 0.1) is 6.92 Å². The Kier molecular flexibility index (Phi) is 2.00. The van der Waals surface area contributed by atoms with Crippen LogP contribution in [0.4, 0.5) is 0 Å². The molecule has 0 N–H and O–H groups in total. The van der Waals surface area contributed by atoms with Crippen LogP contribution >= 0.6 is 0 Å². The molecule has 1 radical (unpaired) electrons. The molecule has 2 heterocycles. The van der Waals surface area contributed by atoms with Crippen molar-refractivity contribution in [2.24, 2.45) is 0 Å². The minimum absolute atomic E-state index is 0.340. The van der Waals surface area contributed by atoms with Crippen LogP contribution in [0.1, 0.15) is 25.3 Å². The van der Waals surface area contributed by atoms with Gasteiger partial charge in [0.25, 0.3) is 0 Å². The molecule has 13 heavy (non-hydrogen) atoms. The summed E-state index contributed by atoms with van der Waals surface area (Å²) in [6, 6.07) is 7.92. The van der Waals surface area contributed by atoms with Crippen molar-refractivity contribution in [2.75, 3.05) is 0 Å². The summed E-state index contributed by atoms with van der Waals surface area (Å²) in [7, 11) is 0. The fraction of sp³-hybridized carbons (Fsp3) is 0.364. The second-order valence-corrected chi connectivity index (χ2v) is 3.53. The molecule has 1 unspecified atom stereocenters. The molecule has 2 aliphatic rings. The largest absolute Gasteiger partial charge is 0.337 e. The van der Waals surface area contributed by atoms with Gasteiger partial charge in [0.15, 0.2) is 5.75 Å². The van der Waals surface area contributed by atoms with Crippen LogP contribution in [0.15, 0.2) is 24.3 Å². The molecule has 0 aromatic heterocycles. The second-order valence-electron chi connectivity index (χ2n) is 3.53. The first kappa shape index (κ1) is 8.57. The van der Waals surface area contributed by atoms with Gasteiger partial charge in [0.1, 0.15) is 5.60 Å². The molecule has 2 bridgehead atoms.